The van der Waals surface area contributed by atoms with Crippen LogP contribution in [0.1, 0.15) is 19.5 Å². The van der Waals surface area contributed by atoms with E-state index in [9.17, 15) is 5.26 Å². The van der Waals surface area contributed by atoms with E-state index in [1.165, 1.54) is 6.33 Å². The second-order valence-electron chi connectivity index (χ2n) is 8.17. The lowest BCUT2D eigenvalue weighted by molar-refractivity contribution is -0.203. The monoisotopic (exact) mass is 437 g/mol. The summed E-state index contributed by atoms with van der Waals surface area (Å²) in [5, 5.41) is 14.6. The highest BCUT2D eigenvalue weighted by molar-refractivity contribution is 5.66. The van der Waals surface area contributed by atoms with Crippen molar-refractivity contribution in [3.63, 3.8) is 0 Å². The van der Waals surface area contributed by atoms with E-state index in [-0.39, 0.29) is 6.61 Å². The van der Waals surface area contributed by atoms with Crippen LogP contribution in [0.25, 0.3) is 5.52 Å². The topological polar surface area (TPSA) is 126 Å². The van der Waals surface area contributed by atoms with Gasteiger partial charge in [0.1, 0.15) is 54.3 Å². The molecule has 0 aliphatic carbocycles. The van der Waals surface area contributed by atoms with Crippen LogP contribution in [-0.2, 0) is 19.8 Å². The quantitative estimate of drug-likeness (QED) is 0.638. The Morgan fingerprint density at radius 2 is 1.88 bits per heavy atom. The molecule has 2 N–H and O–H groups in total. The number of rotatable bonds is 5. The molecule has 32 heavy (non-hydrogen) atoms. The molecule has 5 rings (SSSR count). The lowest BCUT2D eigenvalue weighted by Gasteiger charge is -2.29. The van der Waals surface area contributed by atoms with Gasteiger partial charge in [0.15, 0.2) is 11.6 Å². The van der Waals surface area contributed by atoms with E-state index in [2.05, 4.69) is 16.2 Å². The van der Waals surface area contributed by atoms with E-state index >= 15 is 0 Å². The van der Waals surface area contributed by atoms with Gasteiger partial charge >= 0.3 is 0 Å². The molecule has 10 nitrogen and oxygen atoms in total. The number of nitrogens with two attached hydrogens (primary N) is 1. The molecule has 2 saturated heterocycles. The molecule has 0 radical (unpaired) electrons. The largest absolute Gasteiger partial charge is 0.497 e. The van der Waals surface area contributed by atoms with Crippen LogP contribution in [0.5, 0.6) is 11.5 Å². The highest BCUT2D eigenvalue weighted by Gasteiger charge is 2.65. The zero-order valence-electron chi connectivity index (χ0n) is 17.9. The maximum Gasteiger partial charge on any atom is 0.226 e. The molecule has 2 fully saturated rings. The summed E-state index contributed by atoms with van der Waals surface area (Å²) in [4.78, 5) is 4.01. The molecular weight excluding hydrogens is 414 g/mol. The van der Waals surface area contributed by atoms with Crippen LogP contribution in [0.15, 0.2) is 42.7 Å². The van der Waals surface area contributed by atoms with Gasteiger partial charge < -0.3 is 29.4 Å². The Morgan fingerprint density at radius 1 is 1.12 bits per heavy atom. The number of ether oxygens (including phenoxy) is 5. The van der Waals surface area contributed by atoms with Crippen molar-refractivity contribution < 1.29 is 23.7 Å². The number of methoxy groups -OCH3 is 1. The first kappa shape index (κ1) is 20.5. The van der Waals surface area contributed by atoms with E-state index in [1.54, 1.807) is 35.9 Å². The first-order valence-corrected chi connectivity index (χ1v) is 10.2. The van der Waals surface area contributed by atoms with Crippen molar-refractivity contribution in [3.05, 3.63) is 48.4 Å². The van der Waals surface area contributed by atoms with E-state index in [4.69, 9.17) is 29.4 Å². The van der Waals surface area contributed by atoms with Crippen molar-refractivity contribution in [2.75, 3.05) is 19.5 Å². The van der Waals surface area contributed by atoms with Gasteiger partial charge in [0.25, 0.3) is 0 Å². The van der Waals surface area contributed by atoms with Gasteiger partial charge in [-0.3, -0.25) is 0 Å². The fourth-order valence-corrected chi connectivity index (χ4v) is 4.31. The van der Waals surface area contributed by atoms with E-state index in [1.807, 2.05) is 26.0 Å². The second-order valence-corrected chi connectivity index (χ2v) is 8.17. The Hall–Kier alpha value is -3.39. The first-order chi connectivity index (χ1) is 15.4. The number of fused-ring (bicyclic) bond motifs is 2. The summed E-state index contributed by atoms with van der Waals surface area (Å²) in [6.45, 7) is 3.79. The summed E-state index contributed by atoms with van der Waals surface area (Å²) in [6.07, 6.45) is -0.439. The summed E-state index contributed by atoms with van der Waals surface area (Å²) < 4.78 is 31.3. The third-order valence-electron chi connectivity index (χ3n) is 5.74. The molecule has 2 aliphatic rings. The maximum atomic E-state index is 10.3. The molecule has 0 bridgehead atoms. The average molecular weight is 437 g/mol. The summed E-state index contributed by atoms with van der Waals surface area (Å²) in [6, 6.07) is 13.1. The molecule has 10 heteroatoms. The van der Waals surface area contributed by atoms with Crippen LogP contribution in [0.4, 0.5) is 5.82 Å². The first-order valence-electron chi connectivity index (χ1n) is 10.2. The summed E-state index contributed by atoms with van der Waals surface area (Å²) in [7, 11) is 1.60. The van der Waals surface area contributed by atoms with Gasteiger partial charge in [-0.25, -0.2) is 9.50 Å². The Bertz CT molecular complexity index is 1190. The molecule has 166 valence electrons. The molecule has 0 amide bonds. The number of nitriles is 1. The molecule has 2 aromatic heterocycles. The predicted molar refractivity (Wildman–Crippen MR) is 112 cm³/mol. The molecule has 4 heterocycles. The van der Waals surface area contributed by atoms with Crippen LogP contribution in [-0.4, -0.2) is 52.4 Å². The zero-order chi connectivity index (χ0) is 22.5. The van der Waals surface area contributed by atoms with Crippen molar-refractivity contribution in [2.24, 2.45) is 0 Å². The Morgan fingerprint density at radius 3 is 2.59 bits per heavy atom. The van der Waals surface area contributed by atoms with Crippen LogP contribution >= 0.6 is 0 Å². The SMILES string of the molecule is COc1ccc(OC[C@H]2OC(C#N)(c3ccc4c(N)ncnn34)[C@@H]3OC(C)(C)O[C@@H]32)cc1. The number of nitrogen functional groups attached to an aromatic ring is 1. The highest BCUT2D eigenvalue weighted by atomic mass is 16.8. The molecule has 0 saturated carbocycles. The van der Waals surface area contributed by atoms with Gasteiger partial charge in [-0.15, -0.1) is 0 Å². The highest BCUT2D eigenvalue weighted by Crippen LogP contribution is 2.49. The smallest absolute Gasteiger partial charge is 0.226 e. The van der Waals surface area contributed by atoms with Crippen molar-refractivity contribution in [1.29, 1.82) is 5.26 Å². The number of hydrogen-bond acceptors (Lipinski definition) is 9. The van der Waals surface area contributed by atoms with Crippen LogP contribution in [0, 0.1) is 11.3 Å². The molecule has 3 aromatic rings. The predicted octanol–water partition coefficient (Wildman–Crippen LogP) is 2.04. The molecular formula is C22H23N5O5. The van der Waals surface area contributed by atoms with Gasteiger partial charge in [0.2, 0.25) is 5.60 Å². The summed E-state index contributed by atoms with van der Waals surface area (Å²) in [5.74, 6) is 0.791. The molecule has 1 unspecified atom stereocenters. The van der Waals surface area contributed by atoms with Crippen LogP contribution in [0.3, 0.4) is 0 Å². The van der Waals surface area contributed by atoms with E-state index in [0.29, 0.717) is 22.8 Å². The lowest BCUT2D eigenvalue weighted by Crippen LogP contribution is -2.40. The van der Waals surface area contributed by atoms with Crippen LogP contribution in [0.2, 0.25) is 0 Å². The van der Waals surface area contributed by atoms with Crippen LogP contribution < -0.4 is 15.2 Å². The number of hydrogen-bond donors (Lipinski definition) is 1. The van der Waals surface area contributed by atoms with Gasteiger partial charge in [-0.2, -0.15) is 10.4 Å². The summed E-state index contributed by atoms with van der Waals surface area (Å²) >= 11 is 0. The normalized spacial score (nSPS) is 28.4. The number of benzene rings is 1. The molecule has 1 aromatic carbocycles. The third-order valence-corrected chi connectivity index (χ3v) is 5.74. The minimum absolute atomic E-state index is 0.163. The molecule has 2 aliphatic heterocycles. The van der Waals surface area contributed by atoms with Gasteiger partial charge in [-0.1, -0.05) is 0 Å². The number of aromatic nitrogens is 3. The maximum absolute atomic E-state index is 10.3. The van der Waals surface area contributed by atoms with Gasteiger partial charge in [0, 0.05) is 0 Å². The molecule has 4 atom stereocenters. The standard InChI is InChI=1S/C22H23N5O5/c1-21(2)31-18-16(10-29-14-6-4-13(28-3)5-7-14)30-22(11-23,19(18)32-21)17-9-8-15-20(24)25-12-26-27(15)17/h4-9,12,16,18-19H,10H2,1-3H3,(H2,24,25,26)/t16-,18-,19-,22?/m1/s1. The molecule has 0 spiro atoms. The minimum Gasteiger partial charge on any atom is -0.497 e. The van der Waals surface area contributed by atoms with Crippen molar-refractivity contribution in [3.8, 4) is 17.6 Å². The fourth-order valence-electron chi connectivity index (χ4n) is 4.31. The number of nitrogens with zero attached hydrogens (tertiary/aromatic N) is 4. The average Bonchev–Trinajstić information content (AvgIpc) is 3.44. The second kappa shape index (κ2) is 7.34. The summed E-state index contributed by atoms with van der Waals surface area (Å²) in [5.41, 5.74) is 5.58. The van der Waals surface area contributed by atoms with Gasteiger partial charge in [0.05, 0.1) is 12.8 Å². The van der Waals surface area contributed by atoms with Crippen molar-refractivity contribution in [2.45, 2.75) is 43.5 Å². The van der Waals surface area contributed by atoms with Crippen molar-refractivity contribution in [1.82, 2.24) is 14.6 Å². The van der Waals surface area contributed by atoms with Gasteiger partial charge in [-0.05, 0) is 50.2 Å². The zero-order valence-corrected chi connectivity index (χ0v) is 17.9. The Labute approximate surface area is 184 Å². The third kappa shape index (κ3) is 3.14. The van der Waals surface area contributed by atoms with Crippen molar-refractivity contribution >= 4 is 11.3 Å². The Balaban J connectivity index is 1.49. The minimum atomic E-state index is -1.47. The lowest BCUT2D eigenvalue weighted by atomic mass is 9.92. The van der Waals surface area contributed by atoms with E-state index in [0.717, 1.165) is 5.75 Å². The Kier molecular flexibility index (Phi) is 4.70. The fraction of sp³-hybridized carbons (Fsp3) is 0.409. The number of anilines is 1. The van der Waals surface area contributed by atoms with E-state index < -0.39 is 29.7 Å².